The standard InChI is InChI=1S/C8H13N3OS/c1-3-6(11-8(9)12)7-10-5(2)4-13-7/h4,6H,3H2,1-2H3,(H3,9,11,12). The van der Waals surface area contributed by atoms with E-state index in [0.29, 0.717) is 0 Å². The van der Waals surface area contributed by atoms with Gasteiger partial charge in [-0.3, -0.25) is 0 Å². The number of aryl methyl sites for hydroxylation is 1. The first-order chi connectivity index (χ1) is 6.13. The molecule has 3 N–H and O–H groups in total. The number of hydrogen-bond donors (Lipinski definition) is 2. The van der Waals surface area contributed by atoms with E-state index in [1.165, 1.54) is 0 Å². The Morgan fingerprint density at radius 2 is 2.54 bits per heavy atom. The molecule has 2 amide bonds. The van der Waals surface area contributed by atoms with Crippen LogP contribution < -0.4 is 11.1 Å². The van der Waals surface area contributed by atoms with Crippen LogP contribution in [0.15, 0.2) is 5.38 Å². The van der Waals surface area contributed by atoms with Gasteiger partial charge in [-0.15, -0.1) is 11.3 Å². The van der Waals surface area contributed by atoms with Gasteiger partial charge in [-0.05, 0) is 13.3 Å². The summed E-state index contributed by atoms with van der Waals surface area (Å²) in [6, 6.07) is -0.545. The Balaban J connectivity index is 2.72. The third-order valence-electron chi connectivity index (χ3n) is 1.66. The predicted octanol–water partition coefficient (Wildman–Crippen LogP) is 1.57. The van der Waals surface area contributed by atoms with E-state index in [9.17, 15) is 4.79 Å². The maximum atomic E-state index is 10.6. The van der Waals surface area contributed by atoms with Gasteiger partial charge in [0.15, 0.2) is 0 Å². The van der Waals surface area contributed by atoms with Crippen LogP contribution in [0.1, 0.15) is 30.1 Å². The highest BCUT2D eigenvalue weighted by Crippen LogP contribution is 2.20. The number of nitrogens with two attached hydrogens (primary N) is 1. The van der Waals surface area contributed by atoms with Gasteiger partial charge in [0.25, 0.3) is 0 Å². The zero-order chi connectivity index (χ0) is 9.84. The van der Waals surface area contributed by atoms with Gasteiger partial charge in [0, 0.05) is 11.1 Å². The van der Waals surface area contributed by atoms with E-state index in [1.807, 2.05) is 19.2 Å². The molecule has 1 atom stereocenters. The van der Waals surface area contributed by atoms with E-state index in [0.717, 1.165) is 17.1 Å². The van der Waals surface area contributed by atoms with Crippen molar-refractivity contribution >= 4 is 17.4 Å². The molecule has 0 saturated carbocycles. The zero-order valence-electron chi connectivity index (χ0n) is 7.70. The van der Waals surface area contributed by atoms with Crippen LogP contribution in [0.25, 0.3) is 0 Å². The highest BCUT2D eigenvalue weighted by Gasteiger charge is 2.13. The summed E-state index contributed by atoms with van der Waals surface area (Å²) >= 11 is 1.54. The maximum absolute atomic E-state index is 10.6. The molecule has 1 aromatic heterocycles. The Labute approximate surface area is 81.2 Å². The van der Waals surface area contributed by atoms with Crippen molar-refractivity contribution in [2.75, 3.05) is 0 Å². The summed E-state index contributed by atoms with van der Waals surface area (Å²) in [5, 5.41) is 5.52. The van der Waals surface area contributed by atoms with Crippen molar-refractivity contribution in [2.45, 2.75) is 26.3 Å². The second kappa shape index (κ2) is 4.23. The summed E-state index contributed by atoms with van der Waals surface area (Å²) in [5.41, 5.74) is 6.02. The van der Waals surface area contributed by atoms with Crippen LogP contribution in [0.3, 0.4) is 0 Å². The van der Waals surface area contributed by atoms with Gasteiger partial charge in [-0.2, -0.15) is 0 Å². The number of carbonyl (C=O) groups excluding carboxylic acids is 1. The molecule has 1 aromatic rings. The van der Waals surface area contributed by atoms with Crippen LogP contribution in [-0.2, 0) is 0 Å². The van der Waals surface area contributed by atoms with Crippen LogP contribution in [0.4, 0.5) is 4.79 Å². The van der Waals surface area contributed by atoms with Crippen molar-refractivity contribution in [3.05, 3.63) is 16.1 Å². The molecule has 1 heterocycles. The SMILES string of the molecule is CCC(NC(N)=O)c1nc(C)cs1. The third kappa shape index (κ3) is 2.69. The Bertz CT molecular complexity index is 297. The fourth-order valence-electron chi connectivity index (χ4n) is 1.04. The lowest BCUT2D eigenvalue weighted by Gasteiger charge is -2.11. The van der Waals surface area contributed by atoms with Crippen molar-refractivity contribution in [3.8, 4) is 0 Å². The monoisotopic (exact) mass is 199 g/mol. The minimum absolute atomic E-state index is 0.0452. The molecule has 0 aliphatic carbocycles. The molecule has 0 bridgehead atoms. The number of hydrogen-bond acceptors (Lipinski definition) is 3. The van der Waals surface area contributed by atoms with Gasteiger partial charge < -0.3 is 11.1 Å². The van der Waals surface area contributed by atoms with Crippen molar-refractivity contribution < 1.29 is 4.79 Å². The lowest BCUT2D eigenvalue weighted by atomic mass is 10.2. The van der Waals surface area contributed by atoms with E-state index in [1.54, 1.807) is 11.3 Å². The maximum Gasteiger partial charge on any atom is 0.312 e. The van der Waals surface area contributed by atoms with Crippen LogP contribution in [-0.4, -0.2) is 11.0 Å². The lowest BCUT2D eigenvalue weighted by molar-refractivity contribution is 0.245. The fourth-order valence-corrected chi connectivity index (χ4v) is 1.97. The van der Waals surface area contributed by atoms with E-state index in [2.05, 4.69) is 10.3 Å². The number of rotatable bonds is 3. The second-order valence-electron chi connectivity index (χ2n) is 2.80. The van der Waals surface area contributed by atoms with Crippen molar-refractivity contribution in [1.29, 1.82) is 0 Å². The molecular weight excluding hydrogens is 186 g/mol. The summed E-state index contributed by atoms with van der Waals surface area (Å²) in [6.07, 6.45) is 0.801. The highest BCUT2D eigenvalue weighted by molar-refractivity contribution is 7.09. The molecule has 0 fully saturated rings. The number of thiazole rings is 1. The molecule has 1 unspecified atom stereocenters. The summed E-state index contributed by atoms with van der Waals surface area (Å²) in [7, 11) is 0. The van der Waals surface area contributed by atoms with Crippen LogP contribution in [0, 0.1) is 6.92 Å². The Morgan fingerprint density at radius 3 is 2.92 bits per heavy atom. The minimum atomic E-state index is -0.500. The number of urea groups is 1. The van der Waals surface area contributed by atoms with E-state index in [4.69, 9.17) is 5.73 Å². The number of nitrogens with zero attached hydrogens (tertiary/aromatic N) is 1. The number of nitrogens with one attached hydrogen (secondary N) is 1. The van der Waals surface area contributed by atoms with Crippen molar-refractivity contribution in [1.82, 2.24) is 10.3 Å². The average Bonchev–Trinajstić information content (AvgIpc) is 2.47. The number of aromatic nitrogens is 1. The van der Waals surface area contributed by atoms with Gasteiger partial charge in [0.1, 0.15) is 5.01 Å². The first kappa shape index (κ1) is 9.98. The van der Waals surface area contributed by atoms with Gasteiger partial charge in [-0.1, -0.05) is 6.92 Å². The van der Waals surface area contributed by atoms with E-state index < -0.39 is 6.03 Å². The molecule has 4 nitrogen and oxygen atoms in total. The summed E-state index contributed by atoms with van der Waals surface area (Å²) < 4.78 is 0. The molecule has 0 aliphatic heterocycles. The summed E-state index contributed by atoms with van der Waals surface area (Å²) in [6.45, 7) is 3.91. The number of carbonyl (C=O) groups is 1. The fraction of sp³-hybridized carbons (Fsp3) is 0.500. The van der Waals surface area contributed by atoms with E-state index >= 15 is 0 Å². The van der Waals surface area contributed by atoms with Gasteiger partial charge in [0.05, 0.1) is 6.04 Å². The predicted molar refractivity (Wildman–Crippen MR) is 52.6 cm³/mol. The van der Waals surface area contributed by atoms with Gasteiger partial charge >= 0.3 is 6.03 Å². The summed E-state index contributed by atoms with van der Waals surface area (Å²) in [4.78, 5) is 14.9. The molecule has 0 aromatic carbocycles. The van der Waals surface area contributed by atoms with Crippen LogP contribution in [0.2, 0.25) is 0 Å². The molecule has 0 saturated heterocycles. The van der Waals surface area contributed by atoms with Gasteiger partial charge in [0.2, 0.25) is 0 Å². The van der Waals surface area contributed by atoms with Gasteiger partial charge in [-0.25, -0.2) is 9.78 Å². The Morgan fingerprint density at radius 1 is 1.85 bits per heavy atom. The molecule has 13 heavy (non-hydrogen) atoms. The van der Waals surface area contributed by atoms with Crippen molar-refractivity contribution in [2.24, 2.45) is 5.73 Å². The normalized spacial score (nSPS) is 12.5. The van der Waals surface area contributed by atoms with Crippen LogP contribution >= 0.6 is 11.3 Å². The third-order valence-corrected chi connectivity index (χ3v) is 2.74. The molecule has 5 heteroatoms. The lowest BCUT2D eigenvalue weighted by Crippen LogP contribution is -2.32. The molecule has 1 rings (SSSR count). The van der Waals surface area contributed by atoms with Crippen molar-refractivity contribution in [3.63, 3.8) is 0 Å². The van der Waals surface area contributed by atoms with Crippen LogP contribution in [0.5, 0.6) is 0 Å². The Hall–Kier alpha value is -1.10. The molecule has 0 radical (unpaired) electrons. The molecule has 0 aliphatic rings. The molecular formula is C8H13N3OS. The topological polar surface area (TPSA) is 68.0 Å². The quantitative estimate of drug-likeness (QED) is 0.775. The number of amides is 2. The first-order valence-corrected chi connectivity index (χ1v) is 4.99. The molecule has 72 valence electrons. The smallest absolute Gasteiger partial charge is 0.312 e. The Kier molecular flexibility index (Phi) is 3.25. The average molecular weight is 199 g/mol. The van der Waals surface area contributed by atoms with E-state index in [-0.39, 0.29) is 6.04 Å². The second-order valence-corrected chi connectivity index (χ2v) is 3.69. The first-order valence-electron chi connectivity index (χ1n) is 4.11. The summed E-state index contributed by atoms with van der Waals surface area (Å²) in [5.74, 6) is 0. The largest absolute Gasteiger partial charge is 0.352 e. The number of primary amides is 1. The molecule has 0 spiro atoms. The zero-order valence-corrected chi connectivity index (χ0v) is 8.52. The minimum Gasteiger partial charge on any atom is -0.352 e. The highest BCUT2D eigenvalue weighted by atomic mass is 32.1.